The van der Waals surface area contributed by atoms with Gasteiger partial charge in [-0.3, -0.25) is 9.97 Å². The van der Waals surface area contributed by atoms with E-state index in [2.05, 4.69) is 94.9 Å². The molecule has 0 aliphatic heterocycles. The van der Waals surface area contributed by atoms with E-state index in [4.69, 9.17) is 0 Å². The van der Waals surface area contributed by atoms with Gasteiger partial charge >= 0.3 is 21.1 Å². The average molecular weight is 682 g/mol. The minimum Gasteiger partial charge on any atom is -0.254 e. The van der Waals surface area contributed by atoms with Crippen molar-refractivity contribution >= 4 is 21.8 Å². The van der Waals surface area contributed by atoms with Crippen molar-refractivity contribution in [3.05, 3.63) is 170 Å². The fraction of sp³-hybridized carbons (Fsp3) is 0. The maximum absolute atomic E-state index is 4.67. The van der Waals surface area contributed by atoms with Crippen LogP contribution in [0.3, 0.4) is 0 Å². The van der Waals surface area contributed by atoms with Gasteiger partial charge in [-0.25, -0.2) is 0 Å². The largest absolute Gasteiger partial charge is 2.00 e. The van der Waals surface area contributed by atoms with E-state index in [0.717, 1.165) is 21.8 Å². The van der Waals surface area contributed by atoms with E-state index >= 15 is 0 Å². The van der Waals surface area contributed by atoms with Crippen LogP contribution in [0.4, 0.5) is 0 Å². The van der Waals surface area contributed by atoms with Gasteiger partial charge in [-0.05, 0) is 34.4 Å². The summed E-state index contributed by atoms with van der Waals surface area (Å²) in [7, 11) is 0. The molecule has 2 nitrogen and oxygen atoms in total. The third-order valence-electron chi connectivity index (χ3n) is 6.01. The Morgan fingerprint density at radius 1 is 0.385 bits per heavy atom. The smallest absolute Gasteiger partial charge is 0.254 e. The van der Waals surface area contributed by atoms with E-state index in [1.54, 1.807) is 0 Å². The average Bonchev–Trinajstić information content (AvgIpc) is 3.03. The molecule has 0 amide bonds. The fourth-order valence-electron chi connectivity index (χ4n) is 4.25. The number of aromatic nitrogens is 2. The van der Waals surface area contributed by atoms with Gasteiger partial charge in [0.2, 0.25) is 0 Å². The molecule has 2 heterocycles. The van der Waals surface area contributed by atoms with E-state index in [-0.39, 0.29) is 21.1 Å². The summed E-state index contributed by atoms with van der Waals surface area (Å²) in [5.74, 6) is 0. The number of pyridine rings is 2. The second-order valence-corrected chi connectivity index (χ2v) is 8.46. The Bertz CT molecular complexity index is 1510. The van der Waals surface area contributed by atoms with Crippen LogP contribution in [0.25, 0.3) is 44.1 Å². The van der Waals surface area contributed by atoms with Crippen LogP contribution < -0.4 is 0 Å². The minimum atomic E-state index is 0. The number of hydrogen-bond acceptors (Lipinski definition) is 2. The Labute approximate surface area is 244 Å². The molecule has 0 aliphatic carbocycles. The third-order valence-corrected chi connectivity index (χ3v) is 6.01. The van der Waals surface area contributed by atoms with E-state index in [1.165, 1.54) is 22.3 Å². The predicted molar refractivity (Wildman–Crippen MR) is 158 cm³/mol. The fourth-order valence-corrected chi connectivity index (χ4v) is 4.25. The number of nitrogens with zero attached hydrogens (tertiary/aromatic N) is 2. The standard InChI is InChI=1S/C24H16N2.2C6H5.Pt/c1-3-7-17(8-4-1)19-13-15-25-23-21(19)11-12-22-20(14-16-26-24(22)23)18-9-5-2-6-10-18;2*1-2-4-6-5-3-1;/h1-16H;2*1-5H;/q;2*-1;+2. The molecular weight excluding hydrogens is 655 g/mol. The first-order valence-electron chi connectivity index (χ1n) is 12.5. The Morgan fingerprint density at radius 2 is 0.744 bits per heavy atom. The summed E-state index contributed by atoms with van der Waals surface area (Å²) < 4.78 is 0. The molecule has 5 aromatic carbocycles. The van der Waals surface area contributed by atoms with Crippen LogP contribution in [-0.4, -0.2) is 9.97 Å². The van der Waals surface area contributed by atoms with E-state index < -0.39 is 0 Å². The van der Waals surface area contributed by atoms with Gasteiger partial charge in [-0.1, -0.05) is 72.8 Å². The second kappa shape index (κ2) is 14.5. The number of hydrogen-bond donors (Lipinski definition) is 0. The van der Waals surface area contributed by atoms with Crippen molar-refractivity contribution in [2.75, 3.05) is 0 Å². The SMILES string of the molecule is [Pt+2].[c-]1ccccc1.[c-]1ccccc1.c1ccc(-c2ccnc3c2ccc2c(-c4ccccc4)ccnc23)cc1. The second-order valence-electron chi connectivity index (χ2n) is 8.46. The molecule has 0 N–H and O–H groups in total. The summed E-state index contributed by atoms with van der Waals surface area (Å²) in [6, 6.07) is 54.3. The summed E-state index contributed by atoms with van der Waals surface area (Å²) in [5.41, 5.74) is 6.65. The molecule has 0 radical (unpaired) electrons. The Kier molecular flexibility index (Phi) is 10.3. The molecule has 3 heteroatoms. The first-order chi connectivity index (χ1) is 18.9. The van der Waals surface area contributed by atoms with Gasteiger partial charge in [0.05, 0.1) is 11.0 Å². The van der Waals surface area contributed by atoms with Gasteiger partial charge in [0.15, 0.2) is 0 Å². The summed E-state index contributed by atoms with van der Waals surface area (Å²) in [6.45, 7) is 0. The van der Waals surface area contributed by atoms with Crippen LogP contribution in [0.5, 0.6) is 0 Å². The number of benzene rings is 5. The molecule has 0 bridgehead atoms. The van der Waals surface area contributed by atoms with Crippen molar-refractivity contribution < 1.29 is 21.1 Å². The monoisotopic (exact) mass is 681 g/mol. The number of fused-ring (bicyclic) bond motifs is 3. The first-order valence-corrected chi connectivity index (χ1v) is 12.5. The zero-order valence-electron chi connectivity index (χ0n) is 21.2. The molecule has 2 aromatic heterocycles. The number of rotatable bonds is 2. The van der Waals surface area contributed by atoms with Crippen LogP contribution in [0, 0.1) is 12.1 Å². The van der Waals surface area contributed by atoms with Gasteiger partial charge in [-0.2, -0.15) is 72.8 Å². The van der Waals surface area contributed by atoms with Crippen molar-refractivity contribution in [3.63, 3.8) is 0 Å². The quantitative estimate of drug-likeness (QED) is 0.134. The van der Waals surface area contributed by atoms with Gasteiger partial charge in [0.25, 0.3) is 0 Å². The maximum Gasteiger partial charge on any atom is 2.00 e. The van der Waals surface area contributed by atoms with E-state index in [1.807, 2.05) is 85.2 Å². The Balaban J connectivity index is 0.000000224. The molecular formula is C36H26N2Pt. The first kappa shape index (κ1) is 27.6. The Hall–Kier alpha value is -4.39. The molecule has 0 fully saturated rings. The van der Waals surface area contributed by atoms with Gasteiger partial charge in [0, 0.05) is 23.2 Å². The van der Waals surface area contributed by atoms with Gasteiger partial charge in [-0.15, -0.1) is 0 Å². The maximum atomic E-state index is 4.67. The molecule has 0 saturated carbocycles. The molecule has 0 saturated heterocycles. The van der Waals surface area contributed by atoms with Crippen LogP contribution in [0.2, 0.25) is 0 Å². The Morgan fingerprint density at radius 3 is 1.05 bits per heavy atom. The topological polar surface area (TPSA) is 25.8 Å². The van der Waals surface area contributed by atoms with Crippen LogP contribution in [-0.2, 0) is 21.1 Å². The molecule has 7 rings (SSSR count). The summed E-state index contributed by atoms with van der Waals surface area (Å²) in [4.78, 5) is 9.34. The summed E-state index contributed by atoms with van der Waals surface area (Å²) in [6.07, 6.45) is 3.75. The molecule has 7 aromatic rings. The molecule has 0 unspecified atom stereocenters. The predicted octanol–water partition coefficient (Wildman–Crippen LogP) is 9.09. The zero-order valence-corrected chi connectivity index (χ0v) is 23.5. The molecule has 0 spiro atoms. The van der Waals surface area contributed by atoms with Gasteiger partial charge in [0.1, 0.15) is 0 Å². The zero-order chi connectivity index (χ0) is 25.8. The van der Waals surface area contributed by atoms with Crippen molar-refractivity contribution in [3.8, 4) is 22.3 Å². The molecule has 39 heavy (non-hydrogen) atoms. The van der Waals surface area contributed by atoms with Crippen LogP contribution >= 0.6 is 0 Å². The minimum absolute atomic E-state index is 0. The van der Waals surface area contributed by atoms with Crippen molar-refractivity contribution in [1.29, 1.82) is 0 Å². The molecule has 0 aliphatic rings. The summed E-state index contributed by atoms with van der Waals surface area (Å²) in [5, 5.41) is 2.26. The van der Waals surface area contributed by atoms with E-state index in [0.29, 0.717) is 0 Å². The normalized spacial score (nSPS) is 9.85. The van der Waals surface area contributed by atoms with Crippen molar-refractivity contribution in [2.45, 2.75) is 0 Å². The van der Waals surface area contributed by atoms with Crippen LogP contribution in [0.15, 0.2) is 158 Å². The molecule has 0 atom stereocenters. The summed E-state index contributed by atoms with van der Waals surface area (Å²) >= 11 is 0. The van der Waals surface area contributed by atoms with Crippen molar-refractivity contribution in [2.24, 2.45) is 0 Å². The van der Waals surface area contributed by atoms with Crippen molar-refractivity contribution in [1.82, 2.24) is 9.97 Å². The van der Waals surface area contributed by atoms with E-state index in [9.17, 15) is 0 Å². The molecule has 190 valence electrons. The third kappa shape index (κ3) is 7.13. The van der Waals surface area contributed by atoms with Gasteiger partial charge < -0.3 is 0 Å². The van der Waals surface area contributed by atoms with Crippen LogP contribution in [0.1, 0.15) is 0 Å².